The summed E-state index contributed by atoms with van der Waals surface area (Å²) in [5.41, 5.74) is 6.01. The van der Waals surface area contributed by atoms with Crippen LogP contribution in [0.2, 0.25) is 0 Å². The highest BCUT2D eigenvalue weighted by molar-refractivity contribution is 4.88. The topological polar surface area (TPSA) is 32.5 Å². The Morgan fingerprint density at radius 1 is 1.35 bits per heavy atom. The summed E-state index contributed by atoms with van der Waals surface area (Å²) in [6.07, 6.45) is 2.69. The lowest BCUT2D eigenvalue weighted by Crippen LogP contribution is -2.51. The van der Waals surface area contributed by atoms with Gasteiger partial charge >= 0.3 is 0 Å². The average Bonchev–Trinajstić information content (AvgIpc) is 2.24. The Morgan fingerprint density at radius 3 is 2.41 bits per heavy atom. The van der Waals surface area contributed by atoms with Crippen LogP contribution < -0.4 is 5.73 Å². The molecule has 1 aliphatic rings. The number of likely N-dealkylation sites (tertiary alicyclic amines) is 1. The minimum absolute atomic E-state index is 0.612. The van der Waals surface area contributed by atoms with Gasteiger partial charge < -0.3 is 15.5 Å². The molecule has 0 aromatic heterocycles. The normalized spacial score (nSPS) is 26.5. The molecule has 1 saturated heterocycles. The van der Waals surface area contributed by atoms with Crippen LogP contribution >= 0.6 is 0 Å². The molecule has 0 spiro atoms. The monoisotopic (exact) mass is 241 g/mol. The standard InChI is InChI=1S/C14H31N3/c1-11(2)13(9-15)14(16(3)4)12-7-6-8-17(5)10-12/h11-14H,6-10,15H2,1-5H3. The van der Waals surface area contributed by atoms with E-state index in [0.717, 1.165) is 12.5 Å². The Hall–Kier alpha value is -0.120. The molecule has 1 aliphatic heterocycles. The van der Waals surface area contributed by atoms with Crippen molar-refractivity contribution in [3.8, 4) is 0 Å². The first-order chi connectivity index (χ1) is 7.97. The van der Waals surface area contributed by atoms with Crippen molar-refractivity contribution in [2.24, 2.45) is 23.5 Å². The molecule has 0 saturated carbocycles. The molecule has 0 aromatic carbocycles. The Labute approximate surface area is 107 Å². The largest absolute Gasteiger partial charge is 0.330 e. The second-order valence-electron chi connectivity index (χ2n) is 6.26. The second-order valence-corrected chi connectivity index (χ2v) is 6.26. The molecule has 1 heterocycles. The van der Waals surface area contributed by atoms with Crippen molar-refractivity contribution in [1.82, 2.24) is 9.80 Å². The van der Waals surface area contributed by atoms with E-state index in [1.165, 1.54) is 25.9 Å². The molecule has 0 aliphatic carbocycles. The fourth-order valence-corrected chi connectivity index (χ4v) is 3.45. The number of rotatable bonds is 5. The van der Waals surface area contributed by atoms with Gasteiger partial charge in [0.05, 0.1) is 0 Å². The van der Waals surface area contributed by atoms with Gasteiger partial charge in [0.2, 0.25) is 0 Å². The summed E-state index contributed by atoms with van der Waals surface area (Å²) >= 11 is 0. The third-order valence-corrected chi connectivity index (χ3v) is 4.31. The van der Waals surface area contributed by atoms with Crippen LogP contribution in [-0.2, 0) is 0 Å². The van der Waals surface area contributed by atoms with Crippen LogP contribution in [0.25, 0.3) is 0 Å². The van der Waals surface area contributed by atoms with Gasteiger partial charge in [-0.25, -0.2) is 0 Å². The fourth-order valence-electron chi connectivity index (χ4n) is 3.45. The molecule has 2 N–H and O–H groups in total. The van der Waals surface area contributed by atoms with Crippen molar-refractivity contribution in [3.05, 3.63) is 0 Å². The summed E-state index contributed by atoms with van der Waals surface area (Å²) in [6.45, 7) is 7.90. The van der Waals surface area contributed by atoms with E-state index in [9.17, 15) is 0 Å². The van der Waals surface area contributed by atoms with Crippen molar-refractivity contribution in [2.45, 2.75) is 32.7 Å². The van der Waals surface area contributed by atoms with Gasteiger partial charge in [0, 0.05) is 12.6 Å². The lowest BCUT2D eigenvalue weighted by Gasteiger charge is -2.43. The number of hydrogen-bond donors (Lipinski definition) is 1. The van der Waals surface area contributed by atoms with Crippen LogP contribution in [0.15, 0.2) is 0 Å². The molecule has 1 rings (SSSR count). The summed E-state index contributed by atoms with van der Waals surface area (Å²) in [6, 6.07) is 0.628. The minimum Gasteiger partial charge on any atom is -0.330 e. The fraction of sp³-hybridized carbons (Fsp3) is 1.00. The zero-order valence-corrected chi connectivity index (χ0v) is 12.3. The molecule has 0 bridgehead atoms. The van der Waals surface area contributed by atoms with Gasteiger partial charge in [-0.3, -0.25) is 0 Å². The van der Waals surface area contributed by atoms with E-state index in [2.05, 4.69) is 44.8 Å². The Morgan fingerprint density at radius 2 is 2.00 bits per heavy atom. The Bertz CT molecular complexity index is 216. The molecule has 3 nitrogen and oxygen atoms in total. The zero-order valence-electron chi connectivity index (χ0n) is 12.3. The SMILES string of the molecule is CC(C)C(CN)C(C1CCCN(C)C1)N(C)C. The van der Waals surface area contributed by atoms with Gasteiger partial charge in [-0.2, -0.15) is 0 Å². The van der Waals surface area contributed by atoms with E-state index in [1.54, 1.807) is 0 Å². The van der Waals surface area contributed by atoms with Crippen molar-refractivity contribution >= 4 is 0 Å². The Balaban J connectivity index is 2.76. The van der Waals surface area contributed by atoms with Crippen LogP contribution in [-0.4, -0.2) is 56.6 Å². The molecule has 0 amide bonds. The summed E-state index contributed by atoms with van der Waals surface area (Å²) in [4.78, 5) is 4.87. The third kappa shape index (κ3) is 3.94. The summed E-state index contributed by atoms with van der Waals surface area (Å²) in [5, 5.41) is 0. The molecule has 3 unspecified atom stereocenters. The van der Waals surface area contributed by atoms with E-state index in [4.69, 9.17) is 5.73 Å². The van der Waals surface area contributed by atoms with Crippen LogP contribution in [0.4, 0.5) is 0 Å². The summed E-state index contributed by atoms with van der Waals surface area (Å²) in [7, 11) is 6.67. The maximum absolute atomic E-state index is 6.01. The average molecular weight is 241 g/mol. The molecule has 3 heteroatoms. The smallest absolute Gasteiger partial charge is 0.0172 e. The maximum atomic E-state index is 6.01. The van der Waals surface area contributed by atoms with Crippen molar-refractivity contribution in [2.75, 3.05) is 40.8 Å². The van der Waals surface area contributed by atoms with Gasteiger partial charge in [-0.1, -0.05) is 13.8 Å². The number of piperidine rings is 1. The van der Waals surface area contributed by atoms with Gasteiger partial charge in [-0.15, -0.1) is 0 Å². The van der Waals surface area contributed by atoms with Crippen LogP contribution in [0.3, 0.4) is 0 Å². The summed E-state index contributed by atoms with van der Waals surface area (Å²) in [5.74, 6) is 2.06. The highest BCUT2D eigenvalue weighted by Gasteiger charge is 2.34. The number of nitrogens with zero attached hydrogens (tertiary/aromatic N) is 2. The van der Waals surface area contributed by atoms with E-state index in [1.807, 2.05) is 0 Å². The van der Waals surface area contributed by atoms with Gasteiger partial charge in [0.25, 0.3) is 0 Å². The molecular weight excluding hydrogens is 210 g/mol. The van der Waals surface area contributed by atoms with Gasteiger partial charge in [0.1, 0.15) is 0 Å². The first kappa shape index (κ1) is 14.9. The van der Waals surface area contributed by atoms with E-state index < -0.39 is 0 Å². The van der Waals surface area contributed by atoms with Crippen molar-refractivity contribution in [1.29, 1.82) is 0 Å². The molecular formula is C14H31N3. The molecule has 17 heavy (non-hydrogen) atoms. The predicted molar refractivity (Wildman–Crippen MR) is 75.1 cm³/mol. The number of nitrogens with two attached hydrogens (primary N) is 1. The van der Waals surface area contributed by atoms with Crippen LogP contribution in [0, 0.1) is 17.8 Å². The highest BCUT2D eigenvalue weighted by atomic mass is 15.1. The van der Waals surface area contributed by atoms with Crippen LogP contribution in [0.1, 0.15) is 26.7 Å². The second kappa shape index (κ2) is 6.72. The lowest BCUT2D eigenvalue weighted by atomic mass is 9.77. The van der Waals surface area contributed by atoms with E-state index in [-0.39, 0.29) is 0 Å². The first-order valence-electron chi connectivity index (χ1n) is 7.02. The maximum Gasteiger partial charge on any atom is 0.0172 e. The van der Waals surface area contributed by atoms with Crippen LogP contribution in [0.5, 0.6) is 0 Å². The predicted octanol–water partition coefficient (Wildman–Crippen LogP) is 1.49. The molecule has 0 aromatic rings. The van der Waals surface area contributed by atoms with Gasteiger partial charge in [0.15, 0.2) is 0 Å². The molecule has 3 atom stereocenters. The van der Waals surface area contributed by atoms with Crippen molar-refractivity contribution in [3.63, 3.8) is 0 Å². The molecule has 1 fully saturated rings. The first-order valence-corrected chi connectivity index (χ1v) is 7.02. The van der Waals surface area contributed by atoms with Gasteiger partial charge in [-0.05, 0) is 64.8 Å². The third-order valence-electron chi connectivity index (χ3n) is 4.31. The molecule has 0 radical (unpaired) electrons. The number of hydrogen-bond acceptors (Lipinski definition) is 3. The zero-order chi connectivity index (χ0) is 13.0. The summed E-state index contributed by atoms with van der Waals surface area (Å²) < 4.78 is 0. The van der Waals surface area contributed by atoms with E-state index >= 15 is 0 Å². The lowest BCUT2D eigenvalue weighted by molar-refractivity contribution is 0.0678. The quantitative estimate of drug-likeness (QED) is 0.791. The minimum atomic E-state index is 0.612. The Kier molecular flexibility index (Phi) is 5.90. The highest BCUT2D eigenvalue weighted by Crippen LogP contribution is 2.29. The molecule has 102 valence electrons. The van der Waals surface area contributed by atoms with Crippen molar-refractivity contribution < 1.29 is 0 Å². The van der Waals surface area contributed by atoms with E-state index in [0.29, 0.717) is 17.9 Å².